The normalized spacial score (nSPS) is 15.4. The van der Waals surface area contributed by atoms with Crippen molar-refractivity contribution in [3.05, 3.63) is 0 Å². The fraction of sp³-hybridized carbons (Fsp3) is 0.812. The number of amides is 2. The zero-order valence-corrected chi connectivity index (χ0v) is 15.6. The summed E-state index contributed by atoms with van der Waals surface area (Å²) in [4.78, 5) is 29.5. The van der Waals surface area contributed by atoms with Crippen LogP contribution in [0.25, 0.3) is 0 Å². The second kappa shape index (κ2) is 8.21. The van der Waals surface area contributed by atoms with Gasteiger partial charge in [-0.2, -0.15) is 0 Å². The number of hydrogen-bond acceptors (Lipinski definition) is 6. The Morgan fingerprint density at radius 3 is 2.29 bits per heavy atom. The molecule has 2 N–H and O–H groups in total. The number of nitrogens with zero attached hydrogens (tertiary/aromatic N) is 2. The van der Waals surface area contributed by atoms with Crippen molar-refractivity contribution in [3.8, 4) is 0 Å². The summed E-state index contributed by atoms with van der Waals surface area (Å²) in [7, 11) is 0. The van der Waals surface area contributed by atoms with Gasteiger partial charge in [0.05, 0.1) is 13.1 Å². The highest BCUT2D eigenvalue weighted by Gasteiger charge is 2.24. The van der Waals surface area contributed by atoms with Crippen LogP contribution in [0.4, 0.5) is 9.59 Å². The first kappa shape index (κ1) is 20.1. The largest absolute Gasteiger partial charge is 0.444 e. The van der Waals surface area contributed by atoms with Gasteiger partial charge >= 0.3 is 12.2 Å². The molecular formula is C16H30N4O4. The second-order valence-electron chi connectivity index (χ2n) is 7.59. The van der Waals surface area contributed by atoms with Crippen molar-refractivity contribution in [3.63, 3.8) is 0 Å². The Morgan fingerprint density at radius 2 is 1.71 bits per heavy atom. The molecule has 24 heavy (non-hydrogen) atoms. The fourth-order valence-corrected chi connectivity index (χ4v) is 1.90. The lowest BCUT2D eigenvalue weighted by atomic mass is 10.2. The van der Waals surface area contributed by atoms with Gasteiger partial charge in [0.1, 0.15) is 17.0 Å². The van der Waals surface area contributed by atoms with Gasteiger partial charge < -0.3 is 20.1 Å². The number of amidine groups is 1. The van der Waals surface area contributed by atoms with Crippen LogP contribution >= 0.6 is 0 Å². The molecule has 0 radical (unpaired) electrons. The third kappa shape index (κ3) is 8.59. The van der Waals surface area contributed by atoms with Crippen LogP contribution in [-0.2, 0) is 9.47 Å². The molecule has 8 nitrogen and oxygen atoms in total. The molecular weight excluding hydrogens is 312 g/mol. The zero-order valence-electron chi connectivity index (χ0n) is 15.6. The lowest BCUT2D eigenvalue weighted by Gasteiger charge is -2.30. The summed E-state index contributed by atoms with van der Waals surface area (Å²) in [6.07, 6.45) is -0.797. The van der Waals surface area contributed by atoms with E-state index in [0.29, 0.717) is 38.6 Å². The smallest absolute Gasteiger partial charge is 0.410 e. The van der Waals surface area contributed by atoms with Gasteiger partial charge in [-0.05, 0) is 41.5 Å². The molecule has 0 aliphatic carbocycles. The van der Waals surface area contributed by atoms with Crippen LogP contribution in [0, 0.1) is 0 Å². The Hall–Kier alpha value is -1.99. The van der Waals surface area contributed by atoms with Gasteiger partial charge in [0.25, 0.3) is 0 Å². The van der Waals surface area contributed by atoms with E-state index in [1.165, 1.54) is 0 Å². The Labute approximate surface area is 144 Å². The van der Waals surface area contributed by atoms with E-state index in [9.17, 15) is 9.59 Å². The first-order chi connectivity index (χ1) is 11.0. The van der Waals surface area contributed by atoms with Crippen LogP contribution in [0.1, 0.15) is 41.5 Å². The number of nitrogens with one attached hydrogen (secondary N) is 2. The van der Waals surface area contributed by atoms with Crippen molar-refractivity contribution in [2.75, 3.05) is 32.7 Å². The van der Waals surface area contributed by atoms with Gasteiger partial charge in [0, 0.05) is 19.6 Å². The van der Waals surface area contributed by atoms with Gasteiger partial charge in [-0.1, -0.05) is 0 Å². The average Bonchev–Trinajstić information content (AvgIpc) is 2.40. The highest BCUT2D eigenvalue weighted by atomic mass is 16.6. The van der Waals surface area contributed by atoms with Crippen molar-refractivity contribution < 1.29 is 19.1 Å². The number of rotatable bonds is 3. The molecule has 0 spiro atoms. The monoisotopic (exact) mass is 342 g/mol. The molecule has 1 aliphatic rings. The lowest BCUT2D eigenvalue weighted by molar-refractivity contribution is 0.0276. The van der Waals surface area contributed by atoms with Crippen molar-refractivity contribution in [2.45, 2.75) is 52.7 Å². The Morgan fingerprint density at radius 1 is 1.08 bits per heavy atom. The van der Waals surface area contributed by atoms with Gasteiger partial charge in [0.2, 0.25) is 0 Å². The molecule has 0 bridgehead atoms. The quantitative estimate of drug-likeness (QED) is 0.762. The number of carbonyl (C=O) groups excluding carboxylic acids is 2. The molecule has 0 aromatic heterocycles. The first-order valence-electron chi connectivity index (χ1n) is 8.18. The molecule has 0 fully saturated rings. The van der Waals surface area contributed by atoms with Crippen LogP contribution in [0.3, 0.4) is 0 Å². The number of aliphatic imine (C=N–C) groups is 1. The highest BCUT2D eigenvalue weighted by molar-refractivity contribution is 5.87. The van der Waals surface area contributed by atoms with E-state index in [4.69, 9.17) is 9.47 Å². The van der Waals surface area contributed by atoms with E-state index < -0.39 is 17.3 Å². The topological polar surface area (TPSA) is 92.3 Å². The van der Waals surface area contributed by atoms with Crippen LogP contribution in [0.2, 0.25) is 0 Å². The van der Waals surface area contributed by atoms with Crippen LogP contribution < -0.4 is 10.6 Å². The van der Waals surface area contributed by atoms with E-state index in [1.807, 2.05) is 41.5 Å². The van der Waals surface area contributed by atoms with Crippen LogP contribution in [0.5, 0.6) is 0 Å². The molecule has 1 aliphatic heterocycles. The van der Waals surface area contributed by atoms with E-state index in [1.54, 1.807) is 4.90 Å². The maximum absolute atomic E-state index is 12.1. The third-order valence-corrected chi connectivity index (χ3v) is 2.79. The predicted octanol–water partition coefficient (Wildman–Crippen LogP) is 1.75. The summed E-state index contributed by atoms with van der Waals surface area (Å²) >= 11 is 0. The number of carbonyl (C=O) groups is 2. The molecule has 2 amide bonds. The number of alkyl carbamates (subject to hydrolysis) is 1. The molecule has 1 heterocycles. The molecule has 0 aromatic carbocycles. The number of hydrogen-bond donors (Lipinski definition) is 2. The van der Waals surface area contributed by atoms with Gasteiger partial charge in [0.15, 0.2) is 0 Å². The van der Waals surface area contributed by atoms with E-state index in [2.05, 4.69) is 15.6 Å². The van der Waals surface area contributed by atoms with Crippen molar-refractivity contribution in [1.82, 2.24) is 15.5 Å². The summed E-state index contributed by atoms with van der Waals surface area (Å²) in [5.41, 5.74) is -1.03. The van der Waals surface area contributed by atoms with Crippen LogP contribution in [0.15, 0.2) is 4.99 Å². The minimum absolute atomic E-state index is 0.344. The van der Waals surface area contributed by atoms with E-state index in [-0.39, 0.29) is 6.09 Å². The van der Waals surface area contributed by atoms with Crippen LogP contribution in [-0.4, -0.2) is 66.8 Å². The van der Waals surface area contributed by atoms with Crippen molar-refractivity contribution >= 4 is 18.0 Å². The fourth-order valence-electron chi connectivity index (χ4n) is 1.90. The molecule has 0 atom stereocenters. The minimum Gasteiger partial charge on any atom is -0.444 e. The van der Waals surface area contributed by atoms with Crippen molar-refractivity contribution in [1.29, 1.82) is 0 Å². The molecule has 0 unspecified atom stereocenters. The molecule has 0 saturated heterocycles. The Bertz CT molecular complexity index is 477. The highest BCUT2D eigenvalue weighted by Crippen LogP contribution is 2.11. The third-order valence-electron chi connectivity index (χ3n) is 2.79. The van der Waals surface area contributed by atoms with Gasteiger partial charge in [-0.15, -0.1) is 0 Å². The van der Waals surface area contributed by atoms with Gasteiger partial charge in [-0.3, -0.25) is 9.89 Å². The Balaban J connectivity index is 2.30. The Kier molecular flexibility index (Phi) is 6.86. The molecule has 1 rings (SSSR count). The van der Waals surface area contributed by atoms with Crippen molar-refractivity contribution in [2.24, 2.45) is 4.99 Å². The summed E-state index contributed by atoms with van der Waals surface area (Å²) in [5.74, 6) is 0.707. The SMILES string of the molecule is CC(C)(C)OC(=O)NCCNC1=NCCN(C(=O)OC(C)(C)C)C1. The zero-order chi connectivity index (χ0) is 18.4. The summed E-state index contributed by atoms with van der Waals surface area (Å²) in [6, 6.07) is 0. The lowest BCUT2D eigenvalue weighted by Crippen LogP contribution is -2.48. The molecule has 0 aromatic rings. The molecule has 138 valence electrons. The number of ether oxygens (including phenoxy) is 2. The van der Waals surface area contributed by atoms with E-state index in [0.717, 1.165) is 0 Å². The summed E-state index contributed by atoms with van der Waals surface area (Å²) in [5, 5.41) is 5.78. The van der Waals surface area contributed by atoms with Gasteiger partial charge in [-0.25, -0.2) is 9.59 Å². The molecule has 0 saturated carbocycles. The molecule has 8 heteroatoms. The summed E-state index contributed by atoms with van der Waals surface area (Å²) < 4.78 is 10.5. The minimum atomic E-state index is -0.517. The first-order valence-corrected chi connectivity index (χ1v) is 8.18. The van der Waals surface area contributed by atoms with E-state index >= 15 is 0 Å². The standard InChI is InChI=1S/C16H30N4O4/c1-15(2,3)23-13(21)19-8-7-17-12-11-20(10-9-18-12)14(22)24-16(4,5)6/h7-11H2,1-6H3,(H,17,18)(H,19,21). The second-order valence-corrected chi connectivity index (χ2v) is 7.59. The summed E-state index contributed by atoms with van der Waals surface area (Å²) in [6.45, 7) is 13.3. The maximum Gasteiger partial charge on any atom is 0.410 e. The average molecular weight is 342 g/mol. The predicted molar refractivity (Wildman–Crippen MR) is 92.3 cm³/mol. The maximum atomic E-state index is 12.1.